The molecule has 0 bridgehead atoms. The van der Waals surface area contributed by atoms with Crippen molar-refractivity contribution in [2.45, 2.75) is 82.5 Å². The fraction of sp³-hybridized carbons (Fsp3) is 0.947. The monoisotopic (exact) mass is 334 g/mol. The summed E-state index contributed by atoms with van der Waals surface area (Å²) in [4.78, 5) is 7.17. The fourth-order valence-electron chi connectivity index (χ4n) is 5.29. The normalized spacial score (nSPS) is 36.1. The first-order chi connectivity index (χ1) is 11.7. The van der Waals surface area contributed by atoms with E-state index in [-0.39, 0.29) is 0 Å². The number of nitrogens with zero attached hydrogens (tertiary/aromatic N) is 2. The lowest BCUT2D eigenvalue weighted by Gasteiger charge is -2.54. The van der Waals surface area contributed by atoms with Crippen LogP contribution in [0.1, 0.15) is 58.3 Å². The summed E-state index contributed by atoms with van der Waals surface area (Å²) in [6, 6.07) is 1.97. The zero-order valence-electron chi connectivity index (χ0n) is 15.4. The highest BCUT2D eigenvalue weighted by Crippen LogP contribution is 2.54. The van der Waals surface area contributed by atoms with Gasteiger partial charge in [0.1, 0.15) is 0 Å². The lowest BCUT2D eigenvalue weighted by Crippen LogP contribution is -2.65. The lowest BCUT2D eigenvalue weighted by atomic mass is 9.60. The summed E-state index contributed by atoms with van der Waals surface area (Å²) < 4.78 is 6.03. The Hall–Kier alpha value is -0.810. The Morgan fingerprint density at radius 1 is 1.21 bits per heavy atom. The predicted octanol–water partition coefficient (Wildman–Crippen LogP) is 2.13. The summed E-state index contributed by atoms with van der Waals surface area (Å²) in [7, 11) is 1.91. The number of nitrogens with one attached hydrogen (secondary N) is 2. The Morgan fingerprint density at radius 2 is 2.00 bits per heavy atom. The molecule has 0 aromatic rings. The zero-order chi connectivity index (χ0) is 16.6. The molecule has 136 valence electrons. The molecule has 1 saturated heterocycles. The number of hydrogen-bond acceptors (Lipinski definition) is 3. The Bertz CT molecular complexity index is 470. The molecule has 5 heteroatoms. The van der Waals surface area contributed by atoms with E-state index in [0.29, 0.717) is 23.6 Å². The van der Waals surface area contributed by atoms with E-state index >= 15 is 0 Å². The molecule has 0 amide bonds. The Kier molecular flexibility index (Phi) is 4.74. The van der Waals surface area contributed by atoms with Crippen molar-refractivity contribution in [3.63, 3.8) is 0 Å². The quantitative estimate of drug-likeness (QED) is 0.597. The van der Waals surface area contributed by atoms with Crippen molar-refractivity contribution in [1.29, 1.82) is 0 Å². The molecule has 1 aliphatic heterocycles. The van der Waals surface area contributed by atoms with E-state index in [4.69, 9.17) is 4.74 Å². The van der Waals surface area contributed by atoms with Gasteiger partial charge in [-0.2, -0.15) is 0 Å². The van der Waals surface area contributed by atoms with Gasteiger partial charge in [0.15, 0.2) is 5.96 Å². The van der Waals surface area contributed by atoms with E-state index in [2.05, 4.69) is 27.4 Å². The van der Waals surface area contributed by atoms with Gasteiger partial charge in [0.05, 0.1) is 6.10 Å². The van der Waals surface area contributed by atoms with Gasteiger partial charge < -0.3 is 15.4 Å². The van der Waals surface area contributed by atoms with Gasteiger partial charge in [-0.15, -0.1) is 0 Å². The standard InChI is InChI=1S/C19H34N4O/c1-3-24-17-12-16(19(17)9-4-5-10-19)22-18(20-2)21-14-8-11-23(13-14)15-6-7-15/h14-17H,3-13H2,1-2H3,(H2,20,21,22). The molecule has 3 aliphatic carbocycles. The molecule has 0 aromatic carbocycles. The minimum Gasteiger partial charge on any atom is -0.378 e. The third-order valence-corrected chi connectivity index (χ3v) is 6.85. The first-order valence-corrected chi connectivity index (χ1v) is 10.1. The largest absolute Gasteiger partial charge is 0.378 e. The molecule has 5 nitrogen and oxygen atoms in total. The highest BCUT2D eigenvalue weighted by molar-refractivity contribution is 5.80. The molecule has 4 rings (SSSR count). The number of aliphatic imine (C=N–C) groups is 1. The van der Waals surface area contributed by atoms with Gasteiger partial charge in [-0.25, -0.2) is 0 Å². The van der Waals surface area contributed by atoms with Crippen molar-refractivity contribution in [2.75, 3.05) is 26.7 Å². The third-order valence-electron chi connectivity index (χ3n) is 6.85. The van der Waals surface area contributed by atoms with E-state index in [1.165, 1.54) is 58.0 Å². The van der Waals surface area contributed by atoms with Gasteiger partial charge in [-0.3, -0.25) is 9.89 Å². The van der Waals surface area contributed by atoms with Crippen LogP contribution in [0.15, 0.2) is 4.99 Å². The van der Waals surface area contributed by atoms with Gasteiger partial charge in [-0.05, 0) is 45.4 Å². The molecule has 0 aromatic heterocycles. The smallest absolute Gasteiger partial charge is 0.191 e. The molecule has 24 heavy (non-hydrogen) atoms. The lowest BCUT2D eigenvalue weighted by molar-refractivity contribution is -0.125. The Balaban J connectivity index is 1.32. The average Bonchev–Trinajstić information content (AvgIpc) is 3.12. The van der Waals surface area contributed by atoms with Gasteiger partial charge in [0.2, 0.25) is 0 Å². The van der Waals surface area contributed by atoms with E-state index in [1.54, 1.807) is 0 Å². The van der Waals surface area contributed by atoms with Crippen LogP contribution < -0.4 is 10.6 Å². The van der Waals surface area contributed by atoms with Crippen LogP contribution in [0, 0.1) is 5.41 Å². The maximum Gasteiger partial charge on any atom is 0.191 e. The minimum atomic E-state index is 0.364. The van der Waals surface area contributed by atoms with Gasteiger partial charge in [-0.1, -0.05) is 12.8 Å². The summed E-state index contributed by atoms with van der Waals surface area (Å²) >= 11 is 0. The summed E-state index contributed by atoms with van der Waals surface area (Å²) in [6.45, 7) is 5.39. The second-order valence-electron chi connectivity index (χ2n) is 8.25. The molecular formula is C19H34N4O. The van der Waals surface area contributed by atoms with E-state index in [0.717, 1.165) is 25.0 Å². The first-order valence-electron chi connectivity index (χ1n) is 10.1. The number of guanidine groups is 1. The minimum absolute atomic E-state index is 0.364. The van der Waals surface area contributed by atoms with Crippen LogP contribution in [-0.4, -0.2) is 61.8 Å². The van der Waals surface area contributed by atoms with Crippen LogP contribution in [0.25, 0.3) is 0 Å². The molecule has 1 spiro atoms. The van der Waals surface area contributed by atoms with Gasteiger partial charge in [0, 0.05) is 50.3 Å². The van der Waals surface area contributed by atoms with E-state index < -0.39 is 0 Å². The Labute approximate surface area is 146 Å². The number of likely N-dealkylation sites (tertiary alicyclic amines) is 1. The number of ether oxygens (including phenoxy) is 1. The maximum atomic E-state index is 6.03. The van der Waals surface area contributed by atoms with Crippen molar-refractivity contribution < 1.29 is 4.74 Å². The molecular weight excluding hydrogens is 300 g/mol. The molecule has 2 N–H and O–H groups in total. The van der Waals surface area contributed by atoms with Crippen molar-refractivity contribution in [2.24, 2.45) is 10.4 Å². The van der Waals surface area contributed by atoms with Crippen LogP contribution >= 0.6 is 0 Å². The third kappa shape index (κ3) is 3.05. The van der Waals surface area contributed by atoms with Crippen molar-refractivity contribution in [1.82, 2.24) is 15.5 Å². The number of rotatable bonds is 5. The SMILES string of the molecule is CCOC1CC(NC(=NC)NC2CCN(C3CC3)C2)C12CCCC2. The summed E-state index contributed by atoms with van der Waals surface area (Å²) in [6.07, 6.45) is 11.0. The second-order valence-corrected chi connectivity index (χ2v) is 8.25. The van der Waals surface area contributed by atoms with Crippen LogP contribution in [0.4, 0.5) is 0 Å². The van der Waals surface area contributed by atoms with E-state index in [9.17, 15) is 0 Å². The van der Waals surface area contributed by atoms with Gasteiger partial charge >= 0.3 is 0 Å². The summed E-state index contributed by atoms with van der Waals surface area (Å²) in [5.41, 5.74) is 0.364. The molecule has 4 aliphatic rings. The number of hydrogen-bond donors (Lipinski definition) is 2. The van der Waals surface area contributed by atoms with E-state index in [1.807, 2.05) is 7.05 Å². The van der Waals surface area contributed by atoms with Crippen molar-refractivity contribution >= 4 is 5.96 Å². The van der Waals surface area contributed by atoms with Crippen molar-refractivity contribution in [3.8, 4) is 0 Å². The maximum absolute atomic E-state index is 6.03. The highest BCUT2D eigenvalue weighted by Gasteiger charge is 2.57. The molecule has 3 unspecified atom stereocenters. The van der Waals surface area contributed by atoms with Crippen molar-refractivity contribution in [3.05, 3.63) is 0 Å². The van der Waals surface area contributed by atoms with Crippen LogP contribution in [0.2, 0.25) is 0 Å². The highest BCUT2D eigenvalue weighted by atomic mass is 16.5. The zero-order valence-corrected chi connectivity index (χ0v) is 15.4. The Morgan fingerprint density at radius 3 is 2.67 bits per heavy atom. The predicted molar refractivity (Wildman–Crippen MR) is 97.4 cm³/mol. The molecule has 0 radical (unpaired) electrons. The fourth-order valence-corrected chi connectivity index (χ4v) is 5.29. The topological polar surface area (TPSA) is 48.9 Å². The summed E-state index contributed by atoms with van der Waals surface area (Å²) in [5, 5.41) is 7.44. The van der Waals surface area contributed by atoms with Gasteiger partial charge in [0.25, 0.3) is 0 Å². The van der Waals surface area contributed by atoms with Crippen LogP contribution in [0.5, 0.6) is 0 Å². The van der Waals surface area contributed by atoms with Crippen LogP contribution in [-0.2, 0) is 4.74 Å². The molecule has 4 fully saturated rings. The average molecular weight is 335 g/mol. The van der Waals surface area contributed by atoms with Crippen LogP contribution in [0.3, 0.4) is 0 Å². The molecule has 1 heterocycles. The summed E-state index contributed by atoms with van der Waals surface area (Å²) in [5.74, 6) is 1.00. The second kappa shape index (κ2) is 6.83. The first kappa shape index (κ1) is 16.6. The molecule has 3 saturated carbocycles. The molecule has 3 atom stereocenters.